The molecule has 1 N–H and O–H groups in total. The lowest BCUT2D eigenvalue weighted by Crippen LogP contribution is -2.54. The largest absolute Gasteiger partial charge is 0.354 e. The molecule has 29 heavy (non-hydrogen) atoms. The number of anilines is 1. The predicted molar refractivity (Wildman–Crippen MR) is 112 cm³/mol. The Morgan fingerprint density at radius 2 is 1.93 bits per heavy atom. The maximum Gasteiger partial charge on any atom is 0.254 e. The van der Waals surface area contributed by atoms with Crippen molar-refractivity contribution in [3.63, 3.8) is 0 Å². The van der Waals surface area contributed by atoms with Gasteiger partial charge in [0.2, 0.25) is 5.91 Å². The Kier molecular flexibility index (Phi) is 5.44. The highest BCUT2D eigenvalue weighted by Crippen LogP contribution is 2.18. The third kappa shape index (κ3) is 4.07. The quantitative estimate of drug-likeness (QED) is 0.709. The van der Waals surface area contributed by atoms with Gasteiger partial charge in [-0.1, -0.05) is 24.3 Å². The van der Waals surface area contributed by atoms with Crippen LogP contribution in [0.1, 0.15) is 23.7 Å². The molecule has 1 atom stereocenters. The highest BCUT2D eigenvalue weighted by atomic mass is 16.2. The molecule has 1 amide bonds. The SMILES string of the molecule is Cc1cc(N2CCN(C(C)C(=O)NCc3ccccc3C)CC2)n2ncnc2n1. The van der Waals surface area contributed by atoms with Gasteiger partial charge in [-0.25, -0.2) is 4.98 Å². The number of nitrogens with zero attached hydrogens (tertiary/aromatic N) is 6. The first-order valence-corrected chi connectivity index (χ1v) is 10.0. The topological polar surface area (TPSA) is 78.7 Å². The highest BCUT2D eigenvalue weighted by Gasteiger charge is 2.26. The van der Waals surface area contributed by atoms with Crippen LogP contribution in [0.25, 0.3) is 5.78 Å². The Labute approximate surface area is 170 Å². The zero-order chi connectivity index (χ0) is 20.4. The molecule has 0 saturated carbocycles. The van der Waals surface area contributed by atoms with Crippen LogP contribution in [-0.2, 0) is 11.3 Å². The number of amides is 1. The van der Waals surface area contributed by atoms with Crippen molar-refractivity contribution in [3.05, 3.63) is 53.5 Å². The number of carbonyl (C=O) groups excluding carboxylic acids is 1. The molecule has 3 heterocycles. The van der Waals surface area contributed by atoms with Crippen molar-refractivity contribution < 1.29 is 4.79 Å². The first-order valence-electron chi connectivity index (χ1n) is 10.0. The summed E-state index contributed by atoms with van der Waals surface area (Å²) < 4.78 is 1.78. The smallest absolute Gasteiger partial charge is 0.254 e. The highest BCUT2D eigenvalue weighted by molar-refractivity contribution is 5.81. The zero-order valence-corrected chi connectivity index (χ0v) is 17.2. The summed E-state index contributed by atoms with van der Waals surface area (Å²) in [7, 11) is 0. The second kappa shape index (κ2) is 8.16. The molecule has 2 aromatic heterocycles. The van der Waals surface area contributed by atoms with Gasteiger partial charge in [0.05, 0.1) is 6.04 Å². The van der Waals surface area contributed by atoms with E-state index in [0.29, 0.717) is 12.3 Å². The van der Waals surface area contributed by atoms with E-state index in [1.807, 2.05) is 32.0 Å². The molecule has 1 aromatic carbocycles. The van der Waals surface area contributed by atoms with Crippen molar-refractivity contribution in [1.82, 2.24) is 29.8 Å². The molecule has 3 aromatic rings. The number of aryl methyl sites for hydroxylation is 2. The molecule has 152 valence electrons. The number of nitrogens with one attached hydrogen (secondary N) is 1. The van der Waals surface area contributed by atoms with Crippen LogP contribution in [0.15, 0.2) is 36.7 Å². The summed E-state index contributed by atoms with van der Waals surface area (Å²) in [5.74, 6) is 1.69. The summed E-state index contributed by atoms with van der Waals surface area (Å²) in [5, 5.41) is 7.38. The number of carbonyl (C=O) groups is 1. The number of hydrogen-bond acceptors (Lipinski definition) is 6. The monoisotopic (exact) mass is 393 g/mol. The molecule has 1 aliphatic rings. The first kappa shape index (κ1) is 19.3. The van der Waals surface area contributed by atoms with E-state index >= 15 is 0 Å². The molecule has 0 spiro atoms. The Hall–Kier alpha value is -3.00. The van der Waals surface area contributed by atoms with E-state index in [1.165, 1.54) is 11.9 Å². The fourth-order valence-electron chi connectivity index (χ4n) is 3.78. The van der Waals surface area contributed by atoms with Crippen LogP contribution in [-0.4, -0.2) is 62.6 Å². The fourth-order valence-corrected chi connectivity index (χ4v) is 3.78. The van der Waals surface area contributed by atoms with Gasteiger partial charge >= 0.3 is 0 Å². The van der Waals surface area contributed by atoms with Crippen molar-refractivity contribution in [3.8, 4) is 0 Å². The van der Waals surface area contributed by atoms with Crippen LogP contribution >= 0.6 is 0 Å². The van der Waals surface area contributed by atoms with Crippen molar-refractivity contribution >= 4 is 17.5 Å². The van der Waals surface area contributed by atoms with E-state index in [4.69, 9.17) is 0 Å². The minimum Gasteiger partial charge on any atom is -0.354 e. The van der Waals surface area contributed by atoms with Crippen LogP contribution in [0.5, 0.6) is 0 Å². The van der Waals surface area contributed by atoms with Crippen molar-refractivity contribution in [2.45, 2.75) is 33.4 Å². The maximum atomic E-state index is 12.7. The minimum absolute atomic E-state index is 0.0696. The van der Waals surface area contributed by atoms with Gasteiger partial charge in [0, 0.05) is 44.5 Å². The van der Waals surface area contributed by atoms with E-state index in [0.717, 1.165) is 43.3 Å². The Bertz CT molecular complexity index is 1010. The number of fused-ring (bicyclic) bond motifs is 1. The molecule has 4 rings (SSSR count). The average Bonchev–Trinajstić information content (AvgIpc) is 3.20. The lowest BCUT2D eigenvalue weighted by Gasteiger charge is -2.38. The molecule has 1 fully saturated rings. The predicted octanol–water partition coefficient (Wildman–Crippen LogP) is 1.57. The molecular formula is C21H27N7O. The van der Waals surface area contributed by atoms with Gasteiger partial charge in [-0.2, -0.15) is 14.6 Å². The van der Waals surface area contributed by atoms with Gasteiger partial charge < -0.3 is 10.2 Å². The van der Waals surface area contributed by atoms with Gasteiger partial charge in [-0.15, -0.1) is 0 Å². The standard InChI is InChI=1S/C21H27N7O/c1-15-6-4-5-7-18(15)13-22-20(29)17(3)26-8-10-27(11-9-26)19-12-16(2)25-21-23-14-24-28(19)21/h4-7,12,14,17H,8-11,13H2,1-3H3,(H,22,29). The van der Waals surface area contributed by atoms with Gasteiger partial charge in [0.25, 0.3) is 5.78 Å². The van der Waals surface area contributed by atoms with Crippen molar-refractivity contribution in [2.24, 2.45) is 0 Å². The summed E-state index contributed by atoms with van der Waals surface area (Å²) in [6, 6.07) is 10.0. The second-order valence-corrected chi connectivity index (χ2v) is 7.57. The van der Waals surface area contributed by atoms with Crippen LogP contribution in [0, 0.1) is 13.8 Å². The Balaban J connectivity index is 1.35. The molecule has 0 bridgehead atoms. The lowest BCUT2D eigenvalue weighted by atomic mass is 10.1. The summed E-state index contributed by atoms with van der Waals surface area (Å²) in [6.07, 6.45) is 1.53. The molecule has 0 aliphatic carbocycles. The van der Waals surface area contributed by atoms with E-state index in [1.54, 1.807) is 4.52 Å². The van der Waals surface area contributed by atoms with Crippen LogP contribution in [0.4, 0.5) is 5.82 Å². The summed E-state index contributed by atoms with van der Waals surface area (Å²) >= 11 is 0. The Morgan fingerprint density at radius 3 is 2.69 bits per heavy atom. The van der Waals surface area contributed by atoms with E-state index in [-0.39, 0.29) is 11.9 Å². The zero-order valence-electron chi connectivity index (χ0n) is 17.2. The molecule has 8 nitrogen and oxygen atoms in total. The molecular weight excluding hydrogens is 366 g/mol. The average molecular weight is 393 g/mol. The maximum absolute atomic E-state index is 12.7. The number of piperazine rings is 1. The molecule has 8 heteroatoms. The van der Waals surface area contributed by atoms with Crippen molar-refractivity contribution in [1.29, 1.82) is 0 Å². The summed E-state index contributed by atoms with van der Waals surface area (Å²) in [5.41, 5.74) is 3.27. The fraction of sp³-hybridized carbons (Fsp3) is 0.429. The number of benzene rings is 1. The summed E-state index contributed by atoms with van der Waals surface area (Å²) in [4.78, 5) is 25.8. The van der Waals surface area contributed by atoms with Crippen LogP contribution in [0.3, 0.4) is 0 Å². The molecule has 0 radical (unpaired) electrons. The Morgan fingerprint density at radius 1 is 1.17 bits per heavy atom. The third-order valence-electron chi connectivity index (χ3n) is 5.64. The third-order valence-corrected chi connectivity index (χ3v) is 5.64. The first-order chi connectivity index (χ1) is 14.0. The van der Waals surface area contributed by atoms with Crippen LogP contribution in [0.2, 0.25) is 0 Å². The number of aromatic nitrogens is 4. The second-order valence-electron chi connectivity index (χ2n) is 7.57. The van der Waals surface area contributed by atoms with Gasteiger partial charge in [0.1, 0.15) is 12.1 Å². The van der Waals surface area contributed by atoms with E-state index in [2.05, 4.69) is 49.2 Å². The summed E-state index contributed by atoms with van der Waals surface area (Å²) in [6.45, 7) is 9.87. The van der Waals surface area contributed by atoms with Gasteiger partial charge in [-0.05, 0) is 31.9 Å². The van der Waals surface area contributed by atoms with E-state index in [9.17, 15) is 4.79 Å². The van der Waals surface area contributed by atoms with Gasteiger partial charge in [-0.3, -0.25) is 9.69 Å². The van der Waals surface area contributed by atoms with Gasteiger partial charge in [0.15, 0.2) is 0 Å². The molecule has 1 saturated heterocycles. The lowest BCUT2D eigenvalue weighted by molar-refractivity contribution is -0.126. The number of rotatable bonds is 5. The molecule has 1 unspecified atom stereocenters. The minimum atomic E-state index is -0.160. The van der Waals surface area contributed by atoms with Crippen LogP contribution < -0.4 is 10.2 Å². The normalized spacial score (nSPS) is 16.2. The van der Waals surface area contributed by atoms with E-state index < -0.39 is 0 Å². The molecule has 1 aliphatic heterocycles. The number of hydrogen-bond donors (Lipinski definition) is 1. The van der Waals surface area contributed by atoms with Crippen molar-refractivity contribution in [2.75, 3.05) is 31.1 Å².